The van der Waals surface area contributed by atoms with Gasteiger partial charge >= 0.3 is 6.09 Å². The quantitative estimate of drug-likeness (QED) is 0.881. The van der Waals surface area contributed by atoms with E-state index in [1.807, 2.05) is 20.8 Å². The summed E-state index contributed by atoms with van der Waals surface area (Å²) in [5.41, 5.74) is -0.475. The van der Waals surface area contributed by atoms with Crippen LogP contribution in [0.15, 0.2) is 0 Å². The predicted octanol–water partition coefficient (Wildman–Crippen LogP) is 1.09. The van der Waals surface area contributed by atoms with Crippen molar-refractivity contribution >= 4 is 28.7 Å². The zero-order valence-corrected chi connectivity index (χ0v) is 14.6. The smallest absolute Gasteiger partial charge is 0.407 e. The number of alkyl carbamates (subject to hydrolysis) is 1. The van der Waals surface area contributed by atoms with Crippen LogP contribution in [-0.4, -0.2) is 66.5 Å². The fraction of sp³-hybridized carbons (Fsp3) is 0.786. The second kappa shape index (κ2) is 6.48. The Morgan fingerprint density at radius 2 is 2.00 bits per heavy atom. The molecule has 9 heteroatoms. The molecule has 1 N–H and O–H groups in total. The third-order valence-corrected chi connectivity index (χ3v) is 4.34. The van der Waals surface area contributed by atoms with Gasteiger partial charge in [0, 0.05) is 37.7 Å². The van der Waals surface area contributed by atoms with E-state index in [2.05, 4.69) is 24.5 Å². The standard InChI is InChI=1S/C14H23N5O3S/c1-14(2,3)22-13(20)15-10-8-19(9-10)11-16-12(23-17-11)18-4-6-21-7-5-18/h10H,4-9H2,1-3H3,(H,15,20). The number of ether oxygens (including phenoxy) is 2. The number of aromatic nitrogens is 2. The minimum Gasteiger partial charge on any atom is -0.444 e. The SMILES string of the molecule is CC(C)(C)OC(=O)NC1CN(c2nsc(N3CCOCC3)n2)C1. The van der Waals surface area contributed by atoms with E-state index in [1.165, 1.54) is 11.5 Å². The molecule has 0 aromatic carbocycles. The fourth-order valence-electron chi connectivity index (χ4n) is 2.43. The maximum absolute atomic E-state index is 11.7. The summed E-state index contributed by atoms with van der Waals surface area (Å²) >= 11 is 1.41. The van der Waals surface area contributed by atoms with Gasteiger partial charge in [0.15, 0.2) is 0 Å². The molecular formula is C14H23N5O3S. The number of carbonyl (C=O) groups excluding carboxylic acids is 1. The third kappa shape index (κ3) is 4.23. The molecule has 2 aliphatic heterocycles. The van der Waals surface area contributed by atoms with E-state index in [1.54, 1.807) is 0 Å². The molecule has 1 aromatic heterocycles. The molecule has 1 aromatic rings. The summed E-state index contributed by atoms with van der Waals surface area (Å²) in [6, 6.07) is 0.0835. The molecule has 2 fully saturated rings. The summed E-state index contributed by atoms with van der Waals surface area (Å²) in [6.07, 6.45) is -0.373. The van der Waals surface area contributed by atoms with Crippen LogP contribution in [0.4, 0.5) is 15.9 Å². The van der Waals surface area contributed by atoms with Crippen LogP contribution in [0.3, 0.4) is 0 Å². The monoisotopic (exact) mass is 341 g/mol. The fourth-order valence-corrected chi connectivity index (χ4v) is 3.17. The highest BCUT2D eigenvalue weighted by molar-refractivity contribution is 7.09. The number of nitrogens with one attached hydrogen (secondary N) is 1. The molecule has 0 atom stereocenters. The molecule has 3 heterocycles. The molecule has 23 heavy (non-hydrogen) atoms. The molecule has 0 radical (unpaired) electrons. The van der Waals surface area contributed by atoms with Gasteiger partial charge in [-0.05, 0) is 20.8 Å². The van der Waals surface area contributed by atoms with Gasteiger partial charge in [0.2, 0.25) is 11.1 Å². The van der Waals surface area contributed by atoms with Crippen molar-refractivity contribution in [3.05, 3.63) is 0 Å². The number of hydrogen-bond donors (Lipinski definition) is 1. The number of anilines is 2. The summed E-state index contributed by atoms with van der Waals surface area (Å²) in [7, 11) is 0. The summed E-state index contributed by atoms with van der Waals surface area (Å²) in [5, 5.41) is 3.80. The first-order valence-electron chi connectivity index (χ1n) is 7.81. The lowest BCUT2D eigenvalue weighted by molar-refractivity contribution is 0.0496. The van der Waals surface area contributed by atoms with E-state index in [0.717, 1.165) is 37.4 Å². The maximum Gasteiger partial charge on any atom is 0.407 e. The Hall–Kier alpha value is -1.61. The van der Waals surface area contributed by atoms with Gasteiger partial charge in [0.1, 0.15) is 5.60 Å². The second-order valence-corrected chi connectivity index (χ2v) is 7.45. The van der Waals surface area contributed by atoms with Gasteiger partial charge in [-0.15, -0.1) is 0 Å². The lowest BCUT2D eigenvalue weighted by atomic mass is 10.1. The largest absolute Gasteiger partial charge is 0.444 e. The Balaban J connectivity index is 1.46. The molecule has 1 amide bonds. The van der Waals surface area contributed by atoms with Crippen LogP contribution in [0.1, 0.15) is 20.8 Å². The zero-order valence-electron chi connectivity index (χ0n) is 13.7. The van der Waals surface area contributed by atoms with E-state index < -0.39 is 5.60 Å². The molecule has 2 aliphatic rings. The Morgan fingerprint density at radius 1 is 1.30 bits per heavy atom. The van der Waals surface area contributed by atoms with E-state index in [4.69, 9.17) is 9.47 Å². The lowest BCUT2D eigenvalue weighted by Crippen LogP contribution is -2.60. The van der Waals surface area contributed by atoms with Gasteiger partial charge in [0.25, 0.3) is 0 Å². The van der Waals surface area contributed by atoms with E-state index in [0.29, 0.717) is 13.1 Å². The number of carbonyl (C=O) groups is 1. The summed E-state index contributed by atoms with van der Waals surface area (Å²) in [4.78, 5) is 20.6. The van der Waals surface area contributed by atoms with E-state index >= 15 is 0 Å². The first-order valence-corrected chi connectivity index (χ1v) is 8.59. The summed E-state index contributed by atoms with van der Waals surface area (Å²) in [5.74, 6) is 0.735. The van der Waals surface area contributed by atoms with Crippen LogP contribution in [0, 0.1) is 0 Å². The average molecular weight is 341 g/mol. The number of nitrogens with zero attached hydrogens (tertiary/aromatic N) is 4. The van der Waals surface area contributed by atoms with Crippen molar-refractivity contribution in [3.8, 4) is 0 Å². The molecule has 0 aliphatic carbocycles. The van der Waals surface area contributed by atoms with Crippen molar-refractivity contribution in [2.45, 2.75) is 32.4 Å². The Labute approximate surface area is 139 Å². The molecule has 3 rings (SSSR count). The number of rotatable bonds is 3. The molecule has 2 saturated heterocycles. The van der Waals surface area contributed by atoms with Crippen molar-refractivity contribution in [1.82, 2.24) is 14.7 Å². The normalized spacial score (nSPS) is 19.4. The molecular weight excluding hydrogens is 318 g/mol. The second-order valence-electron chi connectivity index (χ2n) is 6.72. The Morgan fingerprint density at radius 3 is 2.65 bits per heavy atom. The lowest BCUT2D eigenvalue weighted by Gasteiger charge is -2.38. The van der Waals surface area contributed by atoms with Gasteiger partial charge in [-0.1, -0.05) is 0 Å². The average Bonchev–Trinajstić information content (AvgIpc) is 2.90. The van der Waals surface area contributed by atoms with Crippen molar-refractivity contribution in [2.75, 3.05) is 49.2 Å². The first-order chi connectivity index (χ1) is 10.9. The summed E-state index contributed by atoms with van der Waals surface area (Å²) in [6.45, 7) is 10.2. The molecule has 0 unspecified atom stereocenters. The van der Waals surface area contributed by atoms with Gasteiger partial charge in [-0.25, -0.2) is 4.79 Å². The minimum absolute atomic E-state index is 0.0835. The van der Waals surface area contributed by atoms with Gasteiger partial charge < -0.3 is 24.6 Å². The minimum atomic E-state index is -0.475. The number of hydrogen-bond acceptors (Lipinski definition) is 8. The highest BCUT2D eigenvalue weighted by atomic mass is 32.1. The van der Waals surface area contributed by atoms with Gasteiger partial charge in [-0.2, -0.15) is 9.36 Å². The van der Waals surface area contributed by atoms with Crippen LogP contribution >= 0.6 is 11.5 Å². The zero-order chi connectivity index (χ0) is 16.4. The van der Waals surface area contributed by atoms with Crippen LogP contribution in [0.2, 0.25) is 0 Å². The van der Waals surface area contributed by atoms with Crippen molar-refractivity contribution in [1.29, 1.82) is 0 Å². The Kier molecular flexibility index (Phi) is 4.58. The highest BCUT2D eigenvalue weighted by Crippen LogP contribution is 2.25. The van der Waals surface area contributed by atoms with Crippen LogP contribution in [0.5, 0.6) is 0 Å². The van der Waals surface area contributed by atoms with Crippen LogP contribution in [0.25, 0.3) is 0 Å². The summed E-state index contributed by atoms with van der Waals surface area (Å²) < 4.78 is 15.0. The highest BCUT2D eigenvalue weighted by Gasteiger charge is 2.32. The molecule has 128 valence electrons. The van der Waals surface area contributed by atoms with E-state index in [9.17, 15) is 4.79 Å². The van der Waals surface area contributed by atoms with Crippen molar-refractivity contribution in [3.63, 3.8) is 0 Å². The predicted molar refractivity (Wildman–Crippen MR) is 88.3 cm³/mol. The molecule has 0 spiro atoms. The van der Waals surface area contributed by atoms with E-state index in [-0.39, 0.29) is 12.1 Å². The van der Waals surface area contributed by atoms with Gasteiger partial charge in [0.05, 0.1) is 19.3 Å². The van der Waals surface area contributed by atoms with Crippen LogP contribution in [-0.2, 0) is 9.47 Å². The Bertz CT molecular complexity index is 547. The van der Waals surface area contributed by atoms with Crippen molar-refractivity contribution < 1.29 is 14.3 Å². The molecule has 8 nitrogen and oxygen atoms in total. The molecule has 0 saturated carbocycles. The maximum atomic E-state index is 11.7. The van der Waals surface area contributed by atoms with Crippen LogP contribution < -0.4 is 15.1 Å². The first kappa shape index (κ1) is 16.3. The number of amides is 1. The molecule has 0 bridgehead atoms. The topological polar surface area (TPSA) is 79.8 Å². The third-order valence-electron chi connectivity index (χ3n) is 3.57. The van der Waals surface area contributed by atoms with Gasteiger partial charge in [-0.3, -0.25) is 0 Å². The van der Waals surface area contributed by atoms with Crippen molar-refractivity contribution in [2.24, 2.45) is 0 Å². The number of morpholine rings is 1.